The second-order valence-corrected chi connectivity index (χ2v) is 11.0. The minimum Gasteiger partial charge on any atom is -0.276 e. The molecule has 4 aromatic rings. The van der Waals surface area contributed by atoms with E-state index in [1.54, 1.807) is 28.0 Å². The van der Waals surface area contributed by atoms with Crippen molar-refractivity contribution in [2.45, 2.75) is 21.5 Å². The van der Waals surface area contributed by atoms with Crippen LogP contribution in [0.25, 0.3) is 10.2 Å². The molecule has 5 rings (SSSR count). The second-order valence-electron chi connectivity index (χ2n) is 6.32. The molecule has 2 aromatic heterocycles. The second kappa shape index (κ2) is 7.96. The largest absolute Gasteiger partial charge is 0.276 e. The molecule has 146 valence electrons. The number of carbonyl (C=O) groups excluding carboxylic acids is 1. The molecule has 5 nitrogen and oxygen atoms in total. The van der Waals surface area contributed by atoms with Gasteiger partial charge in [0.15, 0.2) is 4.34 Å². The number of hydrogen-bond acceptors (Lipinski definition) is 7. The number of alkyl halides is 1. The van der Waals surface area contributed by atoms with Gasteiger partial charge in [-0.05, 0) is 29.8 Å². The quantitative estimate of drug-likeness (QED) is 0.185. The number of thioether (sulfide) groups is 1. The first-order chi connectivity index (χ1) is 14.1. The molecule has 1 amide bonds. The number of aromatic nitrogens is 3. The first-order valence-electron chi connectivity index (χ1n) is 8.63. The van der Waals surface area contributed by atoms with Crippen molar-refractivity contribution in [3.05, 3.63) is 63.6 Å². The number of anilines is 1. The molecule has 29 heavy (non-hydrogen) atoms. The molecule has 0 bridgehead atoms. The number of hydrogen-bond donors (Lipinski definition) is 0. The van der Waals surface area contributed by atoms with Gasteiger partial charge in [-0.1, -0.05) is 63.3 Å². The smallest absolute Gasteiger partial charge is 0.250 e. The summed E-state index contributed by atoms with van der Waals surface area (Å²) < 4.78 is 3.11. The lowest BCUT2D eigenvalue weighted by atomic mass is 9.94. The van der Waals surface area contributed by atoms with Gasteiger partial charge in [-0.15, -0.1) is 33.1 Å². The lowest BCUT2D eigenvalue weighted by molar-refractivity contribution is -0.123. The molecule has 2 aromatic carbocycles. The van der Waals surface area contributed by atoms with Crippen molar-refractivity contribution in [1.82, 2.24) is 15.2 Å². The van der Waals surface area contributed by atoms with Crippen LogP contribution in [0.15, 0.2) is 57.3 Å². The Morgan fingerprint density at radius 2 is 2.00 bits per heavy atom. The van der Waals surface area contributed by atoms with Crippen LogP contribution in [0.3, 0.4) is 0 Å². The maximum atomic E-state index is 12.4. The Kier molecular flexibility index (Phi) is 5.34. The van der Waals surface area contributed by atoms with Crippen molar-refractivity contribution in [3.8, 4) is 0 Å². The van der Waals surface area contributed by atoms with E-state index < -0.39 is 5.38 Å². The van der Waals surface area contributed by atoms with Crippen molar-refractivity contribution < 1.29 is 4.79 Å². The number of carbonyl (C=O) groups is 1. The number of fused-ring (bicyclic) bond motifs is 1. The zero-order valence-corrected chi connectivity index (χ0v) is 19.4. The maximum absolute atomic E-state index is 12.4. The first-order valence-corrected chi connectivity index (χ1v) is 12.5. The highest BCUT2D eigenvalue weighted by molar-refractivity contribution is 9.10. The van der Waals surface area contributed by atoms with Crippen molar-refractivity contribution in [2.75, 3.05) is 4.90 Å². The van der Waals surface area contributed by atoms with Crippen LogP contribution in [0.1, 0.15) is 16.6 Å². The van der Waals surface area contributed by atoms with Crippen LogP contribution < -0.4 is 4.90 Å². The summed E-state index contributed by atoms with van der Waals surface area (Å²) in [5.41, 5.74) is 1.98. The van der Waals surface area contributed by atoms with Gasteiger partial charge >= 0.3 is 0 Å². The van der Waals surface area contributed by atoms with Crippen molar-refractivity contribution in [1.29, 1.82) is 0 Å². The zero-order valence-electron chi connectivity index (χ0n) is 14.7. The van der Waals surface area contributed by atoms with Gasteiger partial charge in [0.2, 0.25) is 11.0 Å². The summed E-state index contributed by atoms with van der Waals surface area (Å²) in [5.74, 6) is 0.518. The zero-order chi connectivity index (χ0) is 20.0. The topological polar surface area (TPSA) is 59.0 Å². The minimum absolute atomic E-state index is 0.141. The molecule has 0 N–H and O–H groups in total. The molecule has 2 atom stereocenters. The molecule has 1 fully saturated rings. The summed E-state index contributed by atoms with van der Waals surface area (Å²) in [6.07, 6.45) is 0. The van der Waals surface area contributed by atoms with E-state index in [-0.39, 0.29) is 11.9 Å². The van der Waals surface area contributed by atoms with Crippen molar-refractivity contribution >= 4 is 83.2 Å². The average molecular weight is 524 g/mol. The summed E-state index contributed by atoms with van der Waals surface area (Å²) in [4.78, 5) is 18.7. The van der Waals surface area contributed by atoms with E-state index in [1.807, 2.05) is 42.5 Å². The summed E-state index contributed by atoms with van der Waals surface area (Å²) in [6, 6.07) is 15.7. The molecule has 1 aliphatic heterocycles. The fourth-order valence-electron chi connectivity index (χ4n) is 3.11. The molecule has 0 aliphatic carbocycles. The molecule has 0 radical (unpaired) electrons. The van der Waals surface area contributed by atoms with E-state index in [9.17, 15) is 4.79 Å². The number of β-lactam (4-membered cyclic amide) rings is 1. The first kappa shape index (κ1) is 19.4. The van der Waals surface area contributed by atoms with Crippen molar-refractivity contribution in [3.63, 3.8) is 0 Å². The summed E-state index contributed by atoms with van der Waals surface area (Å²) in [7, 11) is 0. The number of para-hydroxylation sites is 1. The molecule has 1 aliphatic rings. The third-order valence-corrected chi connectivity index (χ3v) is 8.69. The summed E-state index contributed by atoms with van der Waals surface area (Å²) in [5, 5.41) is 9.36. The third-order valence-electron chi connectivity index (χ3n) is 4.47. The van der Waals surface area contributed by atoms with Gasteiger partial charge in [0.1, 0.15) is 10.4 Å². The molecule has 3 heterocycles. The predicted octanol–water partition coefficient (Wildman–Crippen LogP) is 5.90. The van der Waals surface area contributed by atoms with Gasteiger partial charge in [-0.3, -0.25) is 9.69 Å². The lowest BCUT2D eigenvalue weighted by Gasteiger charge is -2.42. The van der Waals surface area contributed by atoms with E-state index in [0.29, 0.717) is 10.9 Å². The van der Waals surface area contributed by atoms with E-state index in [4.69, 9.17) is 11.6 Å². The molecular formula is C19H12BrClN4OS3. The molecule has 1 saturated heterocycles. The standard InChI is InChI=1S/C19H12BrClN4OS3/c20-11-5-3-4-10(8-11)16-15(21)17(26)25(16)18-24-23-14(29-18)9-27-19-22-12-6-1-2-7-13(12)28-19/h1-8,15-16H,9H2. The fourth-order valence-corrected chi connectivity index (χ4v) is 6.83. The van der Waals surface area contributed by atoms with Gasteiger partial charge < -0.3 is 0 Å². The van der Waals surface area contributed by atoms with Gasteiger partial charge in [0.25, 0.3) is 0 Å². The van der Waals surface area contributed by atoms with E-state index in [2.05, 4.69) is 37.2 Å². The number of halogens is 2. The SMILES string of the molecule is O=C1C(Cl)C(c2cccc(Br)c2)N1c1nnc(CSc2nc3ccccc3s2)s1. The highest BCUT2D eigenvalue weighted by Crippen LogP contribution is 2.44. The summed E-state index contributed by atoms with van der Waals surface area (Å²) >= 11 is 14.5. The Balaban J connectivity index is 1.32. The molecule has 10 heteroatoms. The van der Waals surface area contributed by atoms with Gasteiger partial charge in [-0.25, -0.2) is 4.98 Å². The predicted molar refractivity (Wildman–Crippen MR) is 123 cm³/mol. The molecule has 2 unspecified atom stereocenters. The Hall–Kier alpha value is -1.52. The normalized spacial score (nSPS) is 19.0. The van der Waals surface area contributed by atoms with E-state index in [0.717, 1.165) is 24.9 Å². The number of rotatable bonds is 5. The Bertz CT molecular complexity index is 1180. The minimum atomic E-state index is -0.589. The van der Waals surface area contributed by atoms with Gasteiger partial charge in [0.05, 0.1) is 22.0 Å². The van der Waals surface area contributed by atoms with Crippen LogP contribution in [0, 0.1) is 0 Å². The van der Waals surface area contributed by atoms with Gasteiger partial charge in [-0.2, -0.15) is 0 Å². The number of amides is 1. The van der Waals surface area contributed by atoms with Crippen LogP contribution in [-0.2, 0) is 10.5 Å². The lowest BCUT2D eigenvalue weighted by Crippen LogP contribution is -2.56. The van der Waals surface area contributed by atoms with Crippen LogP contribution in [0.5, 0.6) is 0 Å². The monoisotopic (exact) mass is 522 g/mol. The highest BCUT2D eigenvalue weighted by atomic mass is 79.9. The molecule has 0 saturated carbocycles. The number of benzene rings is 2. The molecular weight excluding hydrogens is 512 g/mol. The Morgan fingerprint density at radius 1 is 1.14 bits per heavy atom. The number of nitrogens with zero attached hydrogens (tertiary/aromatic N) is 4. The van der Waals surface area contributed by atoms with E-state index >= 15 is 0 Å². The average Bonchev–Trinajstić information content (AvgIpc) is 3.35. The van der Waals surface area contributed by atoms with Crippen LogP contribution in [-0.4, -0.2) is 26.5 Å². The highest BCUT2D eigenvalue weighted by Gasteiger charge is 2.49. The maximum Gasteiger partial charge on any atom is 0.250 e. The van der Waals surface area contributed by atoms with Gasteiger partial charge in [0, 0.05) is 4.47 Å². The van der Waals surface area contributed by atoms with E-state index in [1.165, 1.54) is 16.0 Å². The fraction of sp³-hybridized carbons (Fsp3) is 0.158. The van der Waals surface area contributed by atoms with Crippen LogP contribution in [0.2, 0.25) is 0 Å². The van der Waals surface area contributed by atoms with Crippen LogP contribution >= 0.6 is 62.0 Å². The summed E-state index contributed by atoms with van der Waals surface area (Å²) in [6.45, 7) is 0. The Morgan fingerprint density at radius 3 is 2.83 bits per heavy atom. The number of thiazole rings is 1. The van der Waals surface area contributed by atoms with Crippen molar-refractivity contribution in [2.24, 2.45) is 0 Å². The third kappa shape index (κ3) is 3.70. The Labute approximate surface area is 192 Å². The van der Waals surface area contributed by atoms with Crippen LogP contribution in [0.4, 0.5) is 5.13 Å². The molecule has 0 spiro atoms.